The van der Waals surface area contributed by atoms with Gasteiger partial charge in [-0.25, -0.2) is 9.37 Å². The summed E-state index contributed by atoms with van der Waals surface area (Å²) in [5.74, 6) is 0.259. The number of rotatable bonds is 6. The second-order valence-electron chi connectivity index (χ2n) is 5.69. The van der Waals surface area contributed by atoms with Gasteiger partial charge in [0.05, 0.1) is 0 Å². The van der Waals surface area contributed by atoms with E-state index in [1.165, 1.54) is 18.2 Å². The zero-order valence-corrected chi connectivity index (χ0v) is 14.6. The number of nitrogens with one attached hydrogen (secondary N) is 2. The molecule has 1 amide bonds. The molecule has 0 radical (unpaired) electrons. The van der Waals surface area contributed by atoms with E-state index in [0.717, 1.165) is 22.6 Å². The lowest BCUT2D eigenvalue weighted by atomic mass is 10.2. The fourth-order valence-corrected chi connectivity index (χ4v) is 2.49. The van der Waals surface area contributed by atoms with Gasteiger partial charge in [0.2, 0.25) is 5.91 Å². The maximum absolute atomic E-state index is 12.8. The molecule has 0 aliphatic rings. The lowest BCUT2D eigenvalue weighted by molar-refractivity contribution is -0.116. The van der Waals surface area contributed by atoms with Crippen molar-refractivity contribution in [2.24, 2.45) is 0 Å². The first-order chi connectivity index (χ1) is 12.6. The molecule has 4 nitrogen and oxygen atoms in total. The molecule has 0 bridgehead atoms. The topological polar surface area (TPSA) is 57.8 Å². The number of halogens is 2. The number of amides is 1. The summed E-state index contributed by atoms with van der Waals surface area (Å²) in [4.78, 5) is 19.4. The number of imidazole rings is 1. The van der Waals surface area contributed by atoms with Gasteiger partial charge >= 0.3 is 0 Å². The van der Waals surface area contributed by atoms with Crippen molar-refractivity contribution in [2.75, 3.05) is 6.54 Å². The van der Waals surface area contributed by atoms with Gasteiger partial charge in [-0.1, -0.05) is 23.7 Å². The second kappa shape index (κ2) is 8.45. The molecule has 0 unspecified atom stereocenters. The third kappa shape index (κ3) is 5.04. The van der Waals surface area contributed by atoms with Crippen molar-refractivity contribution in [3.63, 3.8) is 0 Å². The molecular formula is C20H17ClFN3O. The lowest BCUT2D eigenvalue weighted by Gasteiger charge is -2.01. The van der Waals surface area contributed by atoms with Crippen molar-refractivity contribution in [1.29, 1.82) is 0 Å². The van der Waals surface area contributed by atoms with Gasteiger partial charge in [-0.3, -0.25) is 4.79 Å². The van der Waals surface area contributed by atoms with Crippen molar-refractivity contribution >= 4 is 23.6 Å². The largest absolute Gasteiger partial charge is 0.352 e. The van der Waals surface area contributed by atoms with Crippen LogP contribution in [0.25, 0.3) is 17.5 Å². The Kier molecular flexibility index (Phi) is 5.81. The summed E-state index contributed by atoms with van der Waals surface area (Å²) in [6.07, 6.45) is 5.46. The minimum atomic E-state index is -0.302. The van der Waals surface area contributed by atoms with Gasteiger partial charge in [0.15, 0.2) is 0 Å². The van der Waals surface area contributed by atoms with E-state index in [1.807, 2.05) is 24.3 Å². The molecule has 3 rings (SSSR count). The molecule has 26 heavy (non-hydrogen) atoms. The Hall–Kier alpha value is -2.92. The van der Waals surface area contributed by atoms with Gasteiger partial charge < -0.3 is 10.3 Å². The summed E-state index contributed by atoms with van der Waals surface area (Å²) < 4.78 is 12.8. The predicted octanol–water partition coefficient (Wildman–Crippen LogP) is 4.24. The highest BCUT2D eigenvalue weighted by atomic mass is 35.5. The minimum absolute atomic E-state index is 0.202. The van der Waals surface area contributed by atoms with Crippen molar-refractivity contribution in [3.8, 4) is 11.4 Å². The van der Waals surface area contributed by atoms with Crippen molar-refractivity contribution in [1.82, 2.24) is 15.3 Å². The molecule has 2 N–H and O–H groups in total. The molecule has 2 aromatic carbocycles. The number of H-pyrrole nitrogens is 1. The Labute approximate surface area is 155 Å². The standard InChI is InChI=1S/C20H17ClFN3O/c21-16-6-4-15(5-7-16)20-24-13-18(25-20)11-12-23-19(26)10-3-14-1-8-17(22)9-2-14/h1-10,13H,11-12H2,(H,23,26)(H,24,25). The number of nitrogens with zero attached hydrogens (tertiary/aromatic N) is 1. The molecule has 0 atom stereocenters. The Morgan fingerprint density at radius 1 is 1.15 bits per heavy atom. The van der Waals surface area contributed by atoms with Gasteiger partial charge in [-0.15, -0.1) is 0 Å². The van der Waals surface area contributed by atoms with Gasteiger partial charge in [-0.05, 0) is 48.0 Å². The van der Waals surface area contributed by atoms with E-state index >= 15 is 0 Å². The Bertz CT molecular complexity index is 902. The summed E-state index contributed by atoms with van der Waals surface area (Å²) in [6, 6.07) is 13.4. The number of aromatic nitrogens is 2. The predicted molar refractivity (Wildman–Crippen MR) is 101 cm³/mol. The third-order valence-electron chi connectivity index (χ3n) is 3.74. The quantitative estimate of drug-likeness (QED) is 0.638. The van der Waals surface area contributed by atoms with Crippen molar-refractivity contribution in [3.05, 3.63) is 82.9 Å². The first-order valence-corrected chi connectivity index (χ1v) is 8.49. The zero-order chi connectivity index (χ0) is 18.4. The molecule has 1 aromatic heterocycles. The number of carbonyl (C=O) groups is 1. The van der Waals surface area contributed by atoms with E-state index in [0.29, 0.717) is 18.0 Å². The average Bonchev–Trinajstić information content (AvgIpc) is 3.11. The first kappa shape index (κ1) is 17.9. The molecule has 6 heteroatoms. The Morgan fingerprint density at radius 3 is 2.62 bits per heavy atom. The van der Waals surface area contributed by atoms with Crippen LogP contribution in [0.1, 0.15) is 11.3 Å². The van der Waals surface area contributed by atoms with Gasteiger partial charge in [0, 0.05) is 41.5 Å². The minimum Gasteiger partial charge on any atom is -0.352 e. The zero-order valence-electron chi connectivity index (χ0n) is 13.9. The SMILES string of the molecule is O=C(C=Cc1ccc(F)cc1)NCCc1cnc(-c2ccc(Cl)cc2)[nH]1. The molecule has 0 aliphatic carbocycles. The average molecular weight is 370 g/mol. The highest BCUT2D eigenvalue weighted by Crippen LogP contribution is 2.18. The van der Waals surface area contributed by atoms with Gasteiger partial charge in [-0.2, -0.15) is 0 Å². The number of carbonyl (C=O) groups excluding carboxylic acids is 1. The molecule has 1 heterocycles. The van der Waals surface area contributed by atoms with Crippen molar-refractivity contribution < 1.29 is 9.18 Å². The van der Waals surface area contributed by atoms with Crippen LogP contribution in [0, 0.1) is 5.82 Å². The van der Waals surface area contributed by atoms with E-state index < -0.39 is 0 Å². The Morgan fingerprint density at radius 2 is 1.88 bits per heavy atom. The summed E-state index contributed by atoms with van der Waals surface area (Å²) in [5, 5.41) is 3.48. The van der Waals surface area contributed by atoms with Crippen LogP contribution in [0.3, 0.4) is 0 Å². The molecule has 0 fully saturated rings. The van der Waals surface area contributed by atoms with Crippen molar-refractivity contribution in [2.45, 2.75) is 6.42 Å². The molecule has 3 aromatic rings. The van der Waals surface area contributed by atoms with E-state index in [9.17, 15) is 9.18 Å². The van der Waals surface area contributed by atoms with Gasteiger partial charge in [0.25, 0.3) is 0 Å². The molecule has 132 valence electrons. The molecule has 0 saturated carbocycles. The summed E-state index contributed by atoms with van der Waals surface area (Å²) >= 11 is 5.88. The molecule has 0 saturated heterocycles. The van der Waals surface area contributed by atoms with Crippen LogP contribution in [-0.2, 0) is 11.2 Å². The van der Waals surface area contributed by atoms with Crippen LogP contribution < -0.4 is 5.32 Å². The fraction of sp³-hybridized carbons (Fsp3) is 0.100. The van der Waals surface area contributed by atoms with Crippen LogP contribution in [0.15, 0.2) is 60.8 Å². The molecular weight excluding hydrogens is 353 g/mol. The first-order valence-electron chi connectivity index (χ1n) is 8.11. The monoisotopic (exact) mass is 369 g/mol. The highest BCUT2D eigenvalue weighted by Gasteiger charge is 2.04. The maximum atomic E-state index is 12.8. The number of hydrogen-bond acceptors (Lipinski definition) is 2. The van der Waals surface area contributed by atoms with Crippen LogP contribution >= 0.6 is 11.6 Å². The Balaban J connectivity index is 1.48. The van der Waals surface area contributed by atoms with E-state index in [4.69, 9.17) is 11.6 Å². The van der Waals surface area contributed by atoms with Crippen LogP contribution in [-0.4, -0.2) is 22.4 Å². The highest BCUT2D eigenvalue weighted by molar-refractivity contribution is 6.30. The number of aromatic amines is 1. The maximum Gasteiger partial charge on any atom is 0.244 e. The summed E-state index contributed by atoms with van der Waals surface area (Å²) in [5.41, 5.74) is 2.65. The molecule has 0 aliphatic heterocycles. The smallest absolute Gasteiger partial charge is 0.244 e. The normalized spacial score (nSPS) is 11.0. The van der Waals surface area contributed by atoms with E-state index in [2.05, 4.69) is 15.3 Å². The lowest BCUT2D eigenvalue weighted by Crippen LogP contribution is -2.23. The number of benzene rings is 2. The van der Waals surface area contributed by atoms with E-state index in [-0.39, 0.29) is 11.7 Å². The summed E-state index contributed by atoms with van der Waals surface area (Å²) in [6.45, 7) is 0.481. The third-order valence-corrected chi connectivity index (χ3v) is 3.99. The van der Waals surface area contributed by atoms with Gasteiger partial charge in [0.1, 0.15) is 11.6 Å². The van der Waals surface area contributed by atoms with Crippen LogP contribution in [0.2, 0.25) is 5.02 Å². The fourth-order valence-electron chi connectivity index (χ4n) is 2.37. The second-order valence-corrected chi connectivity index (χ2v) is 6.13. The van der Waals surface area contributed by atoms with E-state index in [1.54, 1.807) is 24.4 Å². The van der Waals surface area contributed by atoms with Crippen LogP contribution in [0.4, 0.5) is 4.39 Å². The number of hydrogen-bond donors (Lipinski definition) is 2. The summed E-state index contributed by atoms with van der Waals surface area (Å²) in [7, 11) is 0. The van der Waals surface area contributed by atoms with Crippen LogP contribution in [0.5, 0.6) is 0 Å². The molecule has 0 spiro atoms.